The Balaban J connectivity index is 1.76. The van der Waals surface area contributed by atoms with E-state index in [4.69, 9.17) is 4.18 Å². The van der Waals surface area contributed by atoms with Crippen molar-refractivity contribution in [1.82, 2.24) is 0 Å². The zero-order valence-corrected chi connectivity index (χ0v) is 14.2. The van der Waals surface area contributed by atoms with Gasteiger partial charge in [0.1, 0.15) is 0 Å². The molecule has 1 unspecified atom stereocenters. The van der Waals surface area contributed by atoms with E-state index in [1.165, 1.54) is 12.1 Å². The molecule has 0 spiro atoms. The van der Waals surface area contributed by atoms with Crippen LogP contribution in [0.3, 0.4) is 0 Å². The number of rotatable bonds is 4. The average Bonchev–Trinajstić information content (AvgIpc) is 2.87. The highest BCUT2D eigenvalue weighted by Crippen LogP contribution is 2.29. The average molecular weight is 398 g/mol. The second-order valence-corrected chi connectivity index (χ2v) is 7.73. The van der Waals surface area contributed by atoms with Crippen molar-refractivity contribution in [1.29, 1.82) is 0 Å². The molecule has 0 fully saturated rings. The molecule has 23 heavy (non-hydrogen) atoms. The Labute approximate surface area is 141 Å². The van der Waals surface area contributed by atoms with Crippen molar-refractivity contribution in [3.63, 3.8) is 0 Å². The van der Waals surface area contributed by atoms with Crippen LogP contribution >= 0.6 is 15.9 Å². The minimum Gasteiger partial charge on any atom is -0.262 e. The number of non-ortho nitro benzene ring substituents is 1. The van der Waals surface area contributed by atoms with Gasteiger partial charge < -0.3 is 0 Å². The molecule has 6 nitrogen and oxygen atoms in total. The molecule has 0 saturated heterocycles. The SMILES string of the molecule is O=[N+]([O-])c1ccc(S(=O)(=O)OC2Cc3ccc(Br)cc3C2)cc1. The van der Waals surface area contributed by atoms with Gasteiger partial charge >= 0.3 is 0 Å². The molecule has 0 aliphatic heterocycles. The third kappa shape index (κ3) is 3.44. The number of nitro groups is 1. The first-order chi connectivity index (χ1) is 10.8. The highest BCUT2D eigenvalue weighted by atomic mass is 79.9. The predicted molar refractivity (Wildman–Crippen MR) is 86.7 cm³/mol. The zero-order chi connectivity index (χ0) is 16.6. The molecule has 8 heteroatoms. The first-order valence-corrected chi connectivity index (χ1v) is 9.00. The molecule has 0 radical (unpaired) electrons. The van der Waals surface area contributed by atoms with Gasteiger partial charge in [-0.1, -0.05) is 22.0 Å². The topological polar surface area (TPSA) is 86.5 Å². The van der Waals surface area contributed by atoms with Gasteiger partial charge in [0.15, 0.2) is 0 Å². The van der Waals surface area contributed by atoms with E-state index in [1.807, 2.05) is 18.2 Å². The third-order valence-corrected chi connectivity index (χ3v) is 5.53. The normalized spacial score (nSPS) is 17.0. The van der Waals surface area contributed by atoms with Crippen LogP contribution < -0.4 is 0 Å². The van der Waals surface area contributed by atoms with E-state index in [9.17, 15) is 18.5 Å². The number of nitrogens with zero attached hydrogens (tertiary/aromatic N) is 1. The van der Waals surface area contributed by atoms with Crippen LogP contribution in [0.1, 0.15) is 11.1 Å². The van der Waals surface area contributed by atoms with Crippen molar-refractivity contribution in [2.75, 3.05) is 0 Å². The smallest absolute Gasteiger partial charge is 0.262 e. The van der Waals surface area contributed by atoms with Crippen LogP contribution in [0.15, 0.2) is 51.8 Å². The lowest BCUT2D eigenvalue weighted by Gasteiger charge is -2.11. The van der Waals surface area contributed by atoms with Gasteiger partial charge in [-0.05, 0) is 35.4 Å². The fraction of sp³-hybridized carbons (Fsp3) is 0.200. The summed E-state index contributed by atoms with van der Waals surface area (Å²) >= 11 is 3.39. The monoisotopic (exact) mass is 397 g/mol. The van der Waals surface area contributed by atoms with E-state index in [0.717, 1.165) is 27.7 Å². The lowest BCUT2D eigenvalue weighted by atomic mass is 10.1. The van der Waals surface area contributed by atoms with Crippen LogP contribution in [0.5, 0.6) is 0 Å². The minimum absolute atomic E-state index is 0.0831. The van der Waals surface area contributed by atoms with Crippen molar-refractivity contribution in [3.8, 4) is 0 Å². The van der Waals surface area contributed by atoms with Gasteiger partial charge in [-0.15, -0.1) is 0 Å². The number of hydrogen-bond acceptors (Lipinski definition) is 5. The van der Waals surface area contributed by atoms with Crippen LogP contribution in [0, 0.1) is 10.1 Å². The number of hydrogen-bond donors (Lipinski definition) is 0. The molecule has 0 heterocycles. The number of nitro benzene ring substituents is 1. The van der Waals surface area contributed by atoms with Crippen molar-refractivity contribution < 1.29 is 17.5 Å². The lowest BCUT2D eigenvalue weighted by Crippen LogP contribution is -2.18. The summed E-state index contributed by atoms with van der Waals surface area (Å²) in [5, 5.41) is 10.6. The van der Waals surface area contributed by atoms with Crippen LogP contribution in [0.25, 0.3) is 0 Å². The molecular formula is C15H12BrNO5S. The fourth-order valence-electron chi connectivity index (χ4n) is 2.58. The number of benzene rings is 2. The minimum atomic E-state index is -3.95. The molecule has 1 atom stereocenters. The predicted octanol–water partition coefficient (Wildman–Crippen LogP) is 3.23. The van der Waals surface area contributed by atoms with Crippen molar-refractivity contribution >= 4 is 31.7 Å². The Bertz CT molecular complexity index is 864. The molecule has 0 amide bonds. The largest absolute Gasteiger partial charge is 0.297 e. The van der Waals surface area contributed by atoms with Gasteiger partial charge in [-0.25, -0.2) is 0 Å². The molecule has 2 aromatic carbocycles. The van der Waals surface area contributed by atoms with Crippen LogP contribution in [-0.2, 0) is 27.1 Å². The zero-order valence-electron chi connectivity index (χ0n) is 11.8. The lowest BCUT2D eigenvalue weighted by molar-refractivity contribution is -0.384. The number of halogens is 1. The molecule has 120 valence electrons. The van der Waals surface area contributed by atoms with Crippen molar-refractivity contribution in [2.45, 2.75) is 23.8 Å². The Hall–Kier alpha value is -1.77. The highest BCUT2D eigenvalue weighted by Gasteiger charge is 2.28. The maximum atomic E-state index is 12.3. The van der Waals surface area contributed by atoms with Gasteiger partial charge in [0.05, 0.1) is 15.9 Å². The van der Waals surface area contributed by atoms with E-state index in [1.54, 1.807) is 0 Å². The van der Waals surface area contributed by atoms with E-state index in [0.29, 0.717) is 12.8 Å². The maximum Gasteiger partial charge on any atom is 0.297 e. The second kappa shape index (κ2) is 6.03. The maximum absolute atomic E-state index is 12.3. The summed E-state index contributed by atoms with van der Waals surface area (Å²) in [5.41, 5.74) is 1.96. The standard InChI is InChI=1S/C15H12BrNO5S/c16-12-2-1-10-8-14(9-11(10)7-12)22-23(20,21)15-5-3-13(4-6-15)17(18)19/h1-7,14H,8-9H2. The summed E-state index contributed by atoms with van der Waals surface area (Å²) in [6.07, 6.45) is 0.579. The molecule has 0 aromatic heterocycles. The fourth-order valence-corrected chi connectivity index (χ4v) is 4.07. The summed E-state index contributed by atoms with van der Waals surface area (Å²) in [5.74, 6) is 0. The molecule has 2 aromatic rings. The summed E-state index contributed by atoms with van der Waals surface area (Å²) < 4.78 is 30.8. The Kier molecular flexibility index (Phi) is 4.22. The summed E-state index contributed by atoms with van der Waals surface area (Å²) in [6.45, 7) is 0. The second-order valence-electron chi connectivity index (χ2n) is 5.24. The van der Waals surface area contributed by atoms with E-state index in [-0.39, 0.29) is 10.6 Å². The van der Waals surface area contributed by atoms with E-state index in [2.05, 4.69) is 15.9 Å². The molecule has 3 rings (SSSR count). The van der Waals surface area contributed by atoms with Gasteiger partial charge in [0.2, 0.25) is 0 Å². The highest BCUT2D eigenvalue weighted by molar-refractivity contribution is 9.10. The summed E-state index contributed by atoms with van der Waals surface area (Å²) in [6, 6.07) is 10.5. The third-order valence-electron chi connectivity index (χ3n) is 3.66. The Morgan fingerprint density at radius 1 is 1.09 bits per heavy atom. The molecule has 0 N–H and O–H groups in total. The van der Waals surface area contributed by atoms with Gasteiger partial charge in [-0.2, -0.15) is 8.42 Å². The van der Waals surface area contributed by atoms with Crippen molar-refractivity contribution in [3.05, 3.63) is 68.2 Å². The van der Waals surface area contributed by atoms with Gasteiger partial charge in [-0.3, -0.25) is 14.3 Å². The van der Waals surface area contributed by atoms with Crippen LogP contribution in [0.2, 0.25) is 0 Å². The van der Waals surface area contributed by atoms with Crippen LogP contribution in [-0.4, -0.2) is 19.4 Å². The Morgan fingerprint density at radius 3 is 2.39 bits per heavy atom. The first kappa shape index (κ1) is 16.1. The molecule has 1 aliphatic carbocycles. The quantitative estimate of drug-likeness (QED) is 0.448. The molecule has 0 saturated carbocycles. The Morgan fingerprint density at radius 2 is 1.74 bits per heavy atom. The first-order valence-electron chi connectivity index (χ1n) is 6.80. The van der Waals surface area contributed by atoms with Gasteiger partial charge in [0.25, 0.3) is 15.8 Å². The van der Waals surface area contributed by atoms with Crippen molar-refractivity contribution in [2.24, 2.45) is 0 Å². The number of fused-ring (bicyclic) bond motifs is 1. The summed E-state index contributed by atoms with van der Waals surface area (Å²) in [4.78, 5) is 9.95. The molecular weight excluding hydrogens is 386 g/mol. The van der Waals surface area contributed by atoms with E-state index >= 15 is 0 Å². The molecule has 0 bridgehead atoms. The van der Waals surface area contributed by atoms with Gasteiger partial charge in [0, 0.05) is 29.4 Å². The summed E-state index contributed by atoms with van der Waals surface area (Å²) in [7, 11) is -3.95. The molecule has 1 aliphatic rings. The van der Waals surface area contributed by atoms with E-state index < -0.39 is 21.1 Å². The van der Waals surface area contributed by atoms with Crippen LogP contribution in [0.4, 0.5) is 5.69 Å².